The highest BCUT2D eigenvalue weighted by molar-refractivity contribution is 6.35. The van der Waals surface area contributed by atoms with Crippen molar-refractivity contribution in [2.24, 2.45) is 5.84 Å². The number of fused-ring (bicyclic) bond motifs is 1. The van der Waals surface area contributed by atoms with Crippen molar-refractivity contribution in [2.45, 2.75) is 6.61 Å². The Hall–Kier alpha value is -1.56. The van der Waals surface area contributed by atoms with Crippen LogP contribution >= 0.6 is 11.6 Å². The minimum atomic E-state index is 0.387. The van der Waals surface area contributed by atoms with Gasteiger partial charge in [-0.3, -0.25) is 5.84 Å². The number of ether oxygens (including phenoxy) is 2. The molecular weight excluding hydrogens is 254 g/mol. The number of nitrogens with zero attached hydrogens (tertiary/aromatic N) is 1. The number of halogens is 1. The number of hydrogen-bond acceptors (Lipinski definition) is 5. The van der Waals surface area contributed by atoms with Crippen molar-refractivity contribution in [3.63, 3.8) is 0 Å². The number of hydrazine groups is 1. The van der Waals surface area contributed by atoms with Gasteiger partial charge in [0, 0.05) is 7.11 Å². The van der Waals surface area contributed by atoms with Gasteiger partial charge in [0.05, 0.1) is 41.0 Å². The molecule has 0 saturated heterocycles. The summed E-state index contributed by atoms with van der Waals surface area (Å²) in [6.07, 6.45) is 0. The molecule has 5 nitrogen and oxygen atoms in total. The second-order valence-electron chi connectivity index (χ2n) is 3.71. The molecule has 0 amide bonds. The number of nitrogens with two attached hydrogens (primary N) is 1. The van der Waals surface area contributed by atoms with Gasteiger partial charge in [-0.1, -0.05) is 11.6 Å². The van der Waals surface area contributed by atoms with Gasteiger partial charge < -0.3 is 14.9 Å². The highest BCUT2D eigenvalue weighted by Crippen LogP contribution is 2.35. The second-order valence-corrected chi connectivity index (χ2v) is 4.12. The third-order valence-electron chi connectivity index (χ3n) is 2.59. The molecular formula is C12H14ClN3O2. The summed E-state index contributed by atoms with van der Waals surface area (Å²) in [6.45, 7) is 0.387. The van der Waals surface area contributed by atoms with Crippen LogP contribution < -0.4 is 16.0 Å². The van der Waals surface area contributed by atoms with Crippen LogP contribution in [0.1, 0.15) is 5.69 Å². The van der Waals surface area contributed by atoms with Gasteiger partial charge in [0.25, 0.3) is 0 Å². The lowest BCUT2D eigenvalue weighted by Crippen LogP contribution is -2.09. The predicted octanol–water partition coefficient (Wildman–Crippen LogP) is 2.33. The first-order valence-corrected chi connectivity index (χ1v) is 5.70. The van der Waals surface area contributed by atoms with Gasteiger partial charge in [-0.05, 0) is 18.2 Å². The standard InChI is InChI=1S/C12H14ClN3O2/c1-17-6-7-5-9(16-14)11-10(18-2)4-3-8(13)12(11)15-7/h3-5H,6,14H2,1-2H3,(H,15,16). The molecule has 1 aromatic carbocycles. The third-order valence-corrected chi connectivity index (χ3v) is 2.90. The Kier molecular flexibility index (Phi) is 3.86. The van der Waals surface area contributed by atoms with E-state index in [-0.39, 0.29) is 0 Å². The van der Waals surface area contributed by atoms with Crippen LogP contribution in [0.5, 0.6) is 5.75 Å². The van der Waals surface area contributed by atoms with Gasteiger partial charge in [0.15, 0.2) is 0 Å². The lowest BCUT2D eigenvalue weighted by molar-refractivity contribution is 0.182. The minimum Gasteiger partial charge on any atom is -0.496 e. The number of rotatable bonds is 4. The van der Waals surface area contributed by atoms with E-state index >= 15 is 0 Å². The summed E-state index contributed by atoms with van der Waals surface area (Å²) in [5.41, 5.74) is 4.72. The lowest BCUT2D eigenvalue weighted by Gasteiger charge is -2.12. The molecule has 18 heavy (non-hydrogen) atoms. The smallest absolute Gasteiger partial charge is 0.130 e. The van der Waals surface area contributed by atoms with Crippen LogP contribution in [-0.2, 0) is 11.3 Å². The Morgan fingerprint density at radius 1 is 1.39 bits per heavy atom. The Bertz CT molecular complexity index is 575. The van der Waals surface area contributed by atoms with E-state index in [9.17, 15) is 0 Å². The molecule has 2 rings (SSSR count). The van der Waals surface area contributed by atoms with Crippen LogP contribution in [0, 0.1) is 0 Å². The molecule has 0 fully saturated rings. The molecule has 0 spiro atoms. The van der Waals surface area contributed by atoms with Gasteiger partial charge in [-0.25, -0.2) is 4.98 Å². The summed E-state index contributed by atoms with van der Waals surface area (Å²) >= 11 is 6.16. The molecule has 6 heteroatoms. The van der Waals surface area contributed by atoms with Gasteiger partial charge in [-0.15, -0.1) is 0 Å². The van der Waals surface area contributed by atoms with Crippen LogP contribution in [0.4, 0.5) is 5.69 Å². The number of pyridine rings is 1. The van der Waals surface area contributed by atoms with E-state index in [0.29, 0.717) is 28.6 Å². The number of anilines is 1. The molecule has 0 saturated carbocycles. The summed E-state index contributed by atoms with van der Waals surface area (Å²) in [5.74, 6) is 6.20. The normalized spacial score (nSPS) is 10.7. The van der Waals surface area contributed by atoms with E-state index < -0.39 is 0 Å². The number of methoxy groups -OCH3 is 2. The fraction of sp³-hybridized carbons (Fsp3) is 0.250. The summed E-state index contributed by atoms with van der Waals surface area (Å²) in [5, 5.41) is 1.30. The number of nitrogens with one attached hydrogen (secondary N) is 1. The van der Waals surface area contributed by atoms with E-state index in [1.807, 2.05) is 6.07 Å². The molecule has 0 atom stereocenters. The zero-order valence-electron chi connectivity index (χ0n) is 10.2. The zero-order valence-corrected chi connectivity index (χ0v) is 10.9. The first-order chi connectivity index (χ1) is 8.71. The second kappa shape index (κ2) is 5.39. The summed E-state index contributed by atoms with van der Waals surface area (Å²) < 4.78 is 10.4. The number of hydrogen-bond donors (Lipinski definition) is 2. The maximum absolute atomic E-state index is 6.16. The Morgan fingerprint density at radius 2 is 2.17 bits per heavy atom. The number of nitrogen functional groups attached to an aromatic ring is 1. The highest BCUT2D eigenvalue weighted by atomic mass is 35.5. The molecule has 0 radical (unpaired) electrons. The van der Waals surface area contributed by atoms with Crippen molar-refractivity contribution in [3.8, 4) is 5.75 Å². The van der Waals surface area contributed by atoms with E-state index in [1.165, 1.54) is 0 Å². The molecule has 2 aromatic rings. The summed E-state index contributed by atoms with van der Waals surface area (Å²) in [4.78, 5) is 4.45. The van der Waals surface area contributed by atoms with E-state index in [4.69, 9.17) is 26.9 Å². The number of benzene rings is 1. The van der Waals surface area contributed by atoms with Crippen molar-refractivity contribution >= 4 is 28.2 Å². The van der Waals surface area contributed by atoms with Crippen molar-refractivity contribution in [1.82, 2.24) is 4.98 Å². The fourth-order valence-electron chi connectivity index (χ4n) is 1.84. The quantitative estimate of drug-likeness (QED) is 0.657. The fourth-order valence-corrected chi connectivity index (χ4v) is 2.04. The molecule has 0 aliphatic rings. The predicted molar refractivity (Wildman–Crippen MR) is 71.8 cm³/mol. The van der Waals surface area contributed by atoms with Gasteiger partial charge >= 0.3 is 0 Å². The molecule has 0 bridgehead atoms. The highest BCUT2D eigenvalue weighted by Gasteiger charge is 2.13. The van der Waals surface area contributed by atoms with Gasteiger partial charge in [0.1, 0.15) is 5.75 Å². The van der Waals surface area contributed by atoms with Gasteiger partial charge in [-0.2, -0.15) is 0 Å². The average Bonchev–Trinajstić information content (AvgIpc) is 2.39. The minimum absolute atomic E-state index is 0.387. The lowest BCUT2D eigenvalue weighted by atomic mass is 10.1. The van der Waals surface area contributed by atoms with Crippen molar-refractivity contribution < 1.29 is 9.47 Å². The Morgan fingerprint density at radius 3 is 2.78 bits per heavy atom. The van der Waals surface area contributed by atoms with Crippen molar-refractivity contribution in [1.29, 1.82) is 0 Å². The van der Waals surface area contributed by atoms with Crippen LogP contribution in [0.3, 0.4) is 0 Å². The Balaban J connectivity index is 2.77. The molecule has 96 valence electrons. The molecule has 3 N–H and O–H groups in total. The van der Waals surface area contributed by atoms with Crippen molar-refractivity contribution in [3.05, 3.63) is 28.9 Å². The first kappa shape index (κ1) is 12.9. The number of aromatic nitrogens is 1. The molecule has 0 unspecified atom stereocenters. The maximum Gasteiger partial charge on any atom is 0.130 e. The molecule has 0 aliphatic heterocycles. The first-order valence-electron chi connectivity index (χ1n) is 5.33. The largest absolute Gasteiger partial charge is 0.496 e. The van der Waals surface area contributed by atoms with Crippen LogP contribution in [0.15, 0.2) is 18.2 Å². The molecule has 0 aliphatic carbocycles. The summed E-state index contributed by atoms with van der Waals surface area (Å²) in [7, 11) is 3.20. The van der Waals surface area contributed by atoms with E-state index in [0.717, 1.165) is 11.1 Å². The van der Waals surface area contributed by atoms with Crippen LogP contribution in [0.2, 0.25) is 5.02 Å². The topological polar surface area (TPSA) is 69.4 Å². The molecule has 1 heterocycles. The molecule has 1 aromatic heterocycles. The average molecular weight is 268 g/mol. The van der Waals surface area contributed by atoms with E-state index in [2.05, 4.69) is 10.4 Å². The van der Waals surface area contributed by atoms with E-state index in [1.54, 1.807) is 26.4 Å². The summed E-state index contributed by atoms with van der Waals surface area (Å²) in [6, 6.07) is 5.33. The van der Waals surface area contributed by atoms with Crippen molar-refractivity contribution in [2.75, 3.05) is 19.6 Å². The van der Waals surface area contributed by atoms with Crippen LogP contribution in [-0.4, -0.2) is 19.2 Å². The SMILES string of the molecule is COCc1cc(NN)c2c(OC)ccc(Cl)c2n1. The van der Waals surface area contributed by atoms with Crippen LogP contribution in [0.25, 0.3) is 10.9 Å². The maximum atomic E-state index is 6.16. The third kappa shape index (κ3) is 2.20. The van der Waals surface area contributed by atoms with Gasteiger partial charge in [0.2, 0.25) is 0 Å². The zero-order chi connectivity index (χ0) is 13.1. The Labute approximate surface area is 110 Å². The monoisotopic (exact) mass is 267 g/mol.